The molecule has 36 heavy (non-hydrogen) atoms. The fourth-order valence-corrected chi connectivity index (χ4v) is 5.41. The zero-order valence-electron chi connectivity index (χ0n) is 20.8. The second-order valence-corrected chi connectivity index (χ2v) is 11.0. The molecule has 2 aliphatic heterocycles. The van der Waals surface area contributed by atoms with Gasteiger partial charge in [-0.2, -0.15) is 5.10 Å². The number of fused-ring (bicyclic) bond motifs is 3. The van der Waals surface area contributed by atoms with Crippen molar-refractivity contribution in [3.05, 3.63) is 54.1 Å². The van der Waals surface area contributed by atoms with E-state index in [0.717, 1.165) is 0 Å². The van der Waals surface area contributed by atoms with Crippen LogP contribution in [0.3, 0.4) is 0 Å². The summed E-state index contributed by atoms with van der Waals surface area (Å²) in [5.41, 5.74) is 0.359. The van der Waals surface area contributed by atoms with Crippen molar-refractivity contribution in [2.45, 2.75) is 50.4 Å². The molecule has 188 valence electrons. The first-order valence-corrected chi connectivity index (χ1v) is 11.8. The third kappa shape index (κ3) is 3.38. The fourth-order valence-electron chi connectivity index (χ4n) is 5.41. The normalized spacial score (nSPS) is 23.3. The number of hydrogen-bond acceptors (Lipinski definition) is 5. The predicted molar refractivity (Wildman–Crippen MR) is 128 cm³/mol. The van der Waals surface area contributed by atoms with Crippen molar-refractivity contribution in [1.82, 2.24) is 24.1 Å². The Labute approximate surface area is 206 Å². The monoisotopic (exact) mass is 495 g/mol. The van der Waals surface area contributed by atoms with Crippen molar-refractivity contribution in [3.63, 3.8) is 0 Å². The molecular formula is C26H27F2N5O3. The summed E-state index contributed by atoms with van der Waals surface area (Å²) in [6.45, 7) is 5.84. The van der Waals surface area contributed by atoms with Crippen molar-refractivity contribution >= 4 is 22.6 Å². The molecule has 0 unspecified atom stereocenters. The van der Waals surface area contributed by atoms with Gasteiger partial charge in [0, 0.05) is 56.5 Å². The molecule has 1 aromatic carbocycles. The van der Waals surface area contributed by atoms with Gasteiger partial charge in [-0.05, 0) is 44.5 Å². The molecule has 0 atom stereocenters. The highest BCUT2D eigenvalue weighted by atomic mass is 19.1. The number of halogens is 2. The molecule has 7 rings (SSSR count). The minimum absolute atomic E-state index is 0.166. The largest absolute Gasteiger partial charge is 0.444 e. The first kappa shape index (κ1) is 22.9. The summed E-state index contributed by atoms with van der Waals surface area (Å²) in [7, 11) is 3.45. The first-order chi connectivity index (χ1) is 16.9. The second kappa shape index (κ2) is 7.25. The maximum atomic E-state index is 15.2. The Balaban J connectivity index is 1.30. The molecule has 3 aromatic heterocycles. The minimum atomic E-state index is -0.685. The number of ether oxygens (including phenoxy) is 2. The Bertz CT molecular complexity index is 1540. The second-order valence-electron chi connectivity index (χ2n) is 11.0. The number of imidazole rings is 1. The van der Waals surface area contributed by atoms with Gasteiger partial charge >= 0.3 is 6.09 Å². The number of benzene rings is 1. The van der Waals surface area contributed by atoms with Gasteiger partial charge in [0.2, 0.25) is 0 Å². The number of nitrogens with zero attached hydrogens (tertiary/aromatic N) is 5. The van der Waals surface area contributed by atoms with Gasteiger partial charge in [0.15, 0.2) is 17.3 Å². The van der Waals surface area contributed by atoms with E-state index in [1.54, 1.807) is 52.7 Å². The van der Waals surface area contributed by atoms with E-state index >= 15 is 4.39 Å². The van der Waals surface area contributed by atoms with E-state index in [0.29, 0.717) is 41.7 Å². The van der Waals surface area contributed by atoms with Crippen LogP contribution in [0.4, 0.5) is 13.6 Å². The fraction of sp³-hybridized carbons (Fsp3) is 0.423. The third-order valence-electron chi connectivity index (χ3n) is 7.21. The highest BCUT2D eigenvalue weighted by Gasteiger charge is 2.67. The lowest BCUT2D eigenvalue weighted by molar-refractivity contribution is -0.0446. The highest BCUT2D eigenvalue weighted by molar-refractivity contribution is 5.85. The van der Waals surface area contributed by atoms with Gasteiger partial charge in [-0.25, -0.2) is 18.6 Å². The molecule has 10 heteroatoms. The molecule has 0 spiro atoms. The number of rotatable bonds is 3. The van der Waals surface area contributed by atoms with E-state index in [2.05, 4.69) is 10.1 Å². The van der Waals surface area contributed by atoms with Crippen LogP contribution in [0.1, 0.15) is 39.3 Å². The van der Waals surface area contributed by atoms with Crippen molar-refractivity contribution in [3.8, 4) is 11.1 Å². The van der Waals surface area contributed by atoms with Gasteiger partial charge < -0.3 is 18.8 Å². The van der Waals surface area contributed by atoms with Crippen molar-refractivity contribution in [2.24, 2.45) is 7.05 Å². The van der Waals surface area contributed by atoms with Crippen molar-refractivity contribution < 1.29 is 23.0 Å². The van der Waals surface area contributed by atoms with E-state index in [4.69, 9.17) is 9.47 Å². The average Bonchev–Trinajstić information content (AvgIpc) is 3.51. The van der Waals surface area contributed by atoms with Crippen LogP contribution in [0.15, 0.2) is 36.8 Å². The molecule has 2 saturated heterocycles. The molecule has 4 aromatic rings. The van der Waals surface area contributed by atoms with Gasteiger partial charge in [0.1, 0.15) is 16.7 Å². The number of aryl methyl sites for hydroxylation is 1. The SMILES string of the molecule is CN(C(=O)OC(C)(C)C)C12COC(c3cn4cc(-c5cc(F)c6nn(C)cc6c5)cc(F)c4n3)(C1)C2. The Morgan fingerprint density at radius 1 is 1.11 bits per heavy atom. The van der Waals surface area contributed by atoms with Crippen LogP contribution in [-0.2, 0) is 22.1 Å². The number of likely N-dealkylation sites (N-methyl/N-ethyl adjacent to an activating group) is 1. The van der Waals surface area contributed by atoms with Crippen LogP contribution in [0.25, 0.3) is 27.7 Å². The molecule has 1 aliphatic carbocycles. The van der Waals surface area contributed by atoms with Crippen LogP contribution in [-0.4, -0.2) is 55.0 Å². The van der Waals surface area contributed by atoms with Crippen molar-refractivity contribution in [1.29, 1.82) is 0 Å². The summed E-state index contributed by atoms with van der Waals surface area (Å²) >= 11 is 0. The van der Waals surface area contributed by atoms with Gasteiger partial charge in [-0.1, -0.05) is 0 Å². The van der Waals surface area contributed by atoms with E-state index in [1.807, 2.05) is 20.8 Å². The minimum Gasteiger partial charge on any atom is -0.444 e. The third-order valence-corrected chi connectivity index (χ3v) is 7.21. The topological polar surface area (TPSA) is 73.9 Å². The molecule has 3 aliphatic rings. The van der Waals surface area contributed by atoms with Crippen LogP contribution in [0.2, 0.25) is 0 Å². The Hall–Kier alpha value is -3.53. The number of carbonyl (C=O) groups is 1. The molecule has 0 N–H and O–H groups in total. The molecular weight excluding hydrogens is 468 g/mol. The smallest absolute Gasteiger partial charge is 0.410 e. The van der Waals surface area contributed by atoms with Gasteiger partial charge in [0.05, 0.1) is 17.8 Å². The molecule has 0 radical (unpaired) electrons. The molecule has 8 nitrogen and oxygen atoms in total. The Morgan fingerprint density at radius 2 is 1.83 bits per heavy atom. The van der Waals surface area contributed by atoms with Crippen molar-refractivity contribution in [2.75, 3.05) is 13.7 Å². The van der Waals surface area contributed by atoms with E-state index in [9.17, 15) is 9.18 Å². The van der Waals surface area contributed by atoms with E-state index < -0.39 is 34.5 Å². The number of aromatic nitrogens is 4. The molecule has 5 heterocycles. The summed E-state index contributed by atoms with van der Waals surface area (Å²) in [6.07, 6.45) is 5.92. The first-order valence-electron chi connectivity index (χ1n) is 11.8. The summed E-state index contributed by atoms with van der Waals surface area (Å²) in [4.78, 5) is 18.8. The molecule has 1 amide bonds. The predicted octanol–water partition coefficient (Wildman–Crippen LogP) is 4.79. The standard InChI is InChI=1S/C26H27F2N5O3/c1-24(2,3)36-23(34)32(5)25-12-26(13-25,35-14-25)20-11-33-10-16(8-19(28)22(33)29-20)15-6-17-9-31(4)30-21(17)18(27)7-15/h6-11H,12-14H2,1-5H3. The highest BCUT2D eigenvalue weighted by Crippen LogP contribution is 2.60. The van der Waals surface area contributed by atoms with E-state index in [1.165, 1.54) is 12.1 Å². The van der Waals surface area contributed by atoms with E-state index in [-0.39, 0.29) is 11.2 Å². The summed E-state index contributed by atoms with van der Waals surface area (Å²) in [5.74, 6) is -0.982. The maximum absolute atomic E-state index is 15.2. The summed E-state index contributed by atoms with van der Waals surface area (Å²) in [6, 6.07) is 4.51. The summed E-state index contributed by atoms with van der Waals surface area (Å²) in [5, 5.41) is 4.76. The zero-order valence-corrected chi connectivity index (χ0v) is 20.8. The maximum Gasteiger partial charge on any atom is 0.410 e. The number of amides is 1. The van der Waals surface area contributed by atoms with Crippen LogP contribution < -0.4 is 0 Å². The Morgan fingerprint density at radius 3 is 2.56 bits per heavy atom. The van der Waals surface area contributed by atoms with Crippen LogP contribution in [0, 0.1) is 11.6 Å². The molecule has 1 saturated carbocycles. The van der Waals surface area contributed by atoms with Crippen LogP contribution in [0.5, 0.6) is 0 Å². The van der Waals surface area contributed by atoms with Gasteiger partial charge in [-0.15, -0.1) is 0 Å². The molecule has 2 bridgehead atoms. The quantitative estimate of drug-likeness (QED) is 0.409. The summed E-state index contributed by atoms with van der Waals surface area (Å²) < 4.78 is 44.6. The number of carbonyl (C=O) groups excluding carboxylic acids is 1. The number of hydrogen-bond donors (Lipinski definition) is 0. The van der Waals surface area contributed by atoms with Gasteiger partial charge in [-0.3, -0.25) is 4.68 Å². The lowest BCUT2D eigenvalue weighted by Crippen LogP contribution is -2.59. The van der Waals surface area contributed by atoms with Crippen LogP contribution >= 0.6 is 0 Å². The lowest BCUT2D eigenvalue weighted by Gasteiger charge is -2.48. The Kier molecular flexibility index (Phi) is 4.61. The lowest BCUT2D eigenvalue weighted by atomic mass is 9.66. The average molecular weight is 496 g/mol. The number of pyridine rings is 1. The van der Waals surface area contributed by atoms with Gasteiger partial charge in [0.25, 0.3) is 0 Å². The molecule has 3 fully saturated rings. The zero-order chi connectivity index (χ0) is 25.6.